The van der Waals surface area contributed by atoms with Gasteiger partial charge >= 0.3 is 0 Å². The van der Waals surface area contributed by atoms with Crippen molar-refractivity contribution in [2.24, 2.45) is 11.8 Å². The molecule has 1 saturated heterocycles. The van der Waals surface area contributed by atoms with Crippen LogP contribution < -0.4 is 10.2 Å². The predicted octanol–water partition coefficient (Wildman–Crippen LogP) is 5.55. The Labute approximate surface area is 229 Å². The number of carbonyl (C=O) groups excluding carboxylic acids is 1. The van der Waals surface area contributed by atoms with Gasteiger partial charge in [-0.1, -0.05) is 31.0 Å². The standard InChI is InChI=1S/C32H47N3O3/c1-24-21-25(2)23-28(22-24)35-19-17-34(18-20-35)16-14-26-10-12-27(13-11-26)31(38-3)9-6-15-33-32(37)29-7-4-5-8-30(29)36/h4-5,7-8,21-23,26-27,31,36H,6,9-20H2,1-3H3,(H,33,37). The number of nitrogens with zero attached hydrogens (tertiary/aromatic N) is 2. The molecular weight excluding hydrogens is 474 g/mol. The summed E-state index contributed by atoms with van der Waals surface area (Å²) >= 11 is 0. The number of phenols is 1. The van der Waals surface area contributed by atoms with Crippen LogP contribution in [-0.2, 0) is 4.74 Å². The number of aryl methyl sites for hydroxylation is 2. The molecule has 0 radical (unpaired) electrons. The first kappa shape index (κ1) is 28.4. The molecule has 6 nitrogen and oxygen atoms in total. The maximum atomic E-state index is 12.3. The fraction of sp³-hybridized carbons (Fsp3) is 0.594. The lowest BCUT2D eigenvalue weighted by Crippen LogP contribution is -2.47. The summed E-state index contributed by atoms with van der Waals surface area (Å²) in [6, 6.07) is 13.6. The zero-order valence-corrected chi connectivity index (χ0v) is 23.6. The molecule has 4 rings (SSSR count). The van der Waals surface area contributed by atoms with Crippen LogP contribution in [0.4, 0.5) is 5.69 Å². The Balaban J connectivity index is 1.11. The van der Waals surface area contributed by atoms with E-state index < -0.39 is 0 Å². The molecule has 1 saturated carbocycles. The van der Waals surface area contributed by atoms with Crippen LogP contribution in [0.1, 0.15) is 66.4 Å². The zero-order chi connectivity index (χ0) is 26.9. The van der Waals surface area contributed by atoms with Gasteiger partial charge in [0.2, 0.25) is 0 Å². The van der Waals surface area contributed by atoms with Crippen molar-refractivity contribution in [3.63, 3.8) is 0 Å². The second-order valence-electron chi connectivity index (χ2n) is 11.4. The quantitative estimate of drug-likeness (QED) is 0.380. The van der Waals surface area contributed by atoms with Crippen molar-refractivity contribution in [3.8, 4) is 5.75 Å². The van der Waals surface area contributed by atoms with Gasteiger partial charge in [-0.25, -0.2) is 0 Å². The Morgan fingerprint density at radius 2 is 1.71 bits per heavy atom. The van der Waals surface area contributed by atoms with Gasteiger partial charge in [0, 0.05) is 45.5 Å². The molecular formula is C32H47N3O3. The molecule has 1 amide bonds. The normalized spacial score (nSPS) is 21.3. The second-order valence-corrected chi connectivity index (χ2v) is 11.4. The molecule has 38 heavy (non-hydrogen) atoms. The van der Waals surface area contributed by atoms with Crippen LogP contribution in [0.25, 0.3) is 0 Å². The van der Waals surface area contributed by atoms with Crippen molar-refractivity contribution in [3.05, 3.63) is 59.2 Å². The lowest BCUT2D eigenvalue weighted by Gasteiger charge is -2.38. The summed E-state index contributed by atoms with van der Waals surface area (Å²) < 4.78 is 5.89. The molecule has 6 heteroatoms. The van der Waals surface area contributed by atoms with Gasteiger partial charge in [0.1, 0.15) is 5.75 Å². The summed E-state index contributed by atoms with van der Waals surface area (Å²) in [5, 5.41) is 12.8. The molecule has 0 spiro atoms. The molecule has 2 N–H and O–H groups in total. The van der Waals surface area contributed by atoms with Crippen LogP contribution in [0.5, 0.6) is 5.75 Å². The zero-order valence-electron chi connectivity index (χ0n) is 23.6. The number of ether oxygens (including phenoxy) is 1. The highest BCUT2D eigenvalue weighted by molar-refractivity contribution is 5.96. The lowest BCUT2D eigenvalue weighted by atomic mass is 9.77. The van der Waals surface area contributed by atoms with E-state index >= 15 is 0 Å². The van der Waals surface area contributed by atoms with Crippen LogP contribution in [0.3, 0.4) is 0 Å². The lowest BCUT2D eigenvalue weighted by molar-refractivity contribution is 0.0212. The monoisotopic (exact) mass is 521 g/mol. The number of methoxy groups -OCH3 is 1. The molecule has 2 aromatic rings. The second kappa shape index (κ2) is 14.0. The Kier molecular flexibility index (Phi) is 10.5. The van der Waals surface area contributed by atoms with E-state index in [4.69, 9.17) is 4.74 Å². The number of para-hydroxylation sites is 1. The molecule has 1 aliphatic carbocycles. The van der Waals surface area contributed by atoms with Crippen molar-refractivity contribution in [1.82, 2.24) is 10.2 Å². The van der Waals surface area contributed by atoms with Gasteiger partial charge in [-0.2, -0.15) is 0 Å². The topological polar surface area (TPSA) is 65.0 Å². The SMILES string of the molecule is COC(CCCNC(=O)c1ccccc1O)C1CCC(CCN2CCN(c3cc(C)cc(C)c3)CC2)CC1. The van der Waals surface area contributed by atoms with Gasteiger partial charge in [0.15, 0.2) is 0 Å². The van der Waals surface area contributed by atoms with Gasteiger partial charge in [0.05, 0.1) is 11.7 Å². The largest absolute Gasteiger partial charge is 0.507 e. The third-order valence-corrected chi connectivity index (χ3v) is 8.62. The molecule has 208 valence electrons. The predicted molar refractivity (Wildman–Crippen MR) is 155 cm³/mol. The van der Waals surface area contributed by atoms with Gasteiger partial charge < -0.3 is 20.1 Å². The number of hydrogen-bond acceptors (Lipinski definition) is 5. The number of carbonyl (C=O) groups is 1. The summed E-state index contributed by atoms with van der Waals surface area (Å²) in [6.07, 6.45) is 8.50. The van der Waals surface area contributed by atoms with E-state index in [0.717, 1.165) is 44.9 Å². The van der Waals surface area contributed by atoms with E-state index in [2.05, 4.69) is 47.2 Å². The molecule has 2 aliphatic rings. The Morgan fingerprint density at radius 1 is 1.03 bits per heavy atom. The van der Waals surface area contributed by atoms with Gasteiger partial charge in [-0.05, 0) is 99.7 Å². The first-order valence-electron chi connectivity index (χ1n) is 14.6. The number of rotatable bonds is 11. The van der Waals surface area contributed by atoms with E-state index in [1.807, 2.05) is 7.11 Å². The van der Waals surface area contributed by atoms with E-state index in [1.165, 1.54) is 55.5 Å². The first-order valence-corrected chi connectivity index (χ1v) is 14.6. The number of amides is 1. The molecule has 0 bridgehead atoms. The number of phenolic OH excluding ortho intramolecular Hbond substituents is 1. The summed E-state index contributed by atoms with van der Waals surface area (Å²) in [5.41, 5.74) is 4.41. The minimum absolute atomic E-state index is 0.0242. The Bertz CT molecular complexity index is 1010. The summed E-state index contributed by atoms with van der Waals surface area (Å²) in [4.78, 5) is 17.5. The molecule has 0 aromatic heterocycles. The van der Waals surface area contributed by atoms with Gasteiger partial charge in [-0.15, -0.1) is 0 Å². The highest BCUT2D eigenvalue weighted by Gasteiger charge is 2.28. The van der Waals surface area contributed by atoms with Crippen molar-refractivity contribution >= 4 is 11.6 Å². The maximum absolute atomic E-state index is 12.3. The van der Waals surface area contributed by atoms with Crippen LogP contribution >= 0.6 is 0 Å². The number of hydrogen-bond donors (Lipinski definition) is 2. The highest BCUT2D eigenvalue weighted by atomic mass is 16.5. The van der Waals surface area contributed by atoms with Crippen LogP contribution in [-0.4, -0.2) is 68.4 Å². The number of anilines is 1. The number of nitrogens with one attached hydrogen (secondary N) is 1. The third-order valence-electron chi connectivity index (χ3n) is 8.62. The van der Waals surface area contributed by atoms with Gasteiger partial charge in [-0.3, -0.25) is 9.69 Å². The van der Waals surface area contributed by atoms with Crippen LogP contribution in [0, 0.1) is 25.7 Å². The van der Waals surface area contributed by atoms with Crippen LogP contribution in [0.15, 0.2) is 42.5 Å². The Hall–Kier alpha value is -2.57. The van der Waals surface area contributed by atoms with Crippen molar-refractivity contribution in [1.29, 1.82) is 0 Å². The number of piperazine rings is 1. The van der Waals surface area contributed by atoms with E-state index in [0.29, 0.717) is 18.0 Å². The van der Waals surface area contributed by atoms with Gasteiger partial charge in [0.25, 0.3) is 5.91 Å². The number of benzene rings is 2. The summed E-state index contributed by atoms with van der Waals surface area (Å²) in [6.45, 7) is 10.8. The minimum atomic E-state index is -0.218. The fourth-order valence-corrected chi connectivity index (χ4v) is 6.39. The van der Waals surface area contributed by atoms with E-state index in [-0.39, 0.29) is 17.8 Å². The molecule has 2 fully saturated rings. The average Bonchev–Trinajstić information content (AvgIpc) is 2.92. The smallest absolute Gasteiger partial charge is 0.255 e. The van der Waals surface area contributed by atoms with Crippen molar-refractivity contribution < 1.29 is 14.6 Å². The van der Waals surface area contributed by atoms with Crippen molar-refractivity contribution in [2.45, 2.75) is 64.9 Å². The van der Waals surface area contributed by atoms with Crippen molar-refractivity contribution in [2.75, 3.05) is 51.3 Å². The molecule has 2 aromatic carbocycles. The summed E-state index contributed by atoms with van der Waals surface area (Å²) in [5.74, 6) is 1.26. The highest BCUT2D eigenvalue weighted by Crippen LogP contribution is 2.35. The fourth-order valence-electron chi connectivity index (χ4n) is 6.39. The van der Waals surface area contributed by atoms with E-state index in [1.54, 1.807) is 24.3 Å². The number of aromatic hydroxyl groups is 1. The first-order chi connectivity index (χ1) is 18.4. The van der Waals surface area contributed by atoms with E-state index in [9.17, 15) is 9.90 Å². The molecule has 1 aliphatic heterocycles. The molecule has 1 unspecified atom stereocenters. The Morgan fingerprint density at radius 3 is 2.37 bits per heavy atom. The molecule has 1 heterocycles. The average molecular weight is 522 g/mol. The van der Waals surface area contributed by atoms with Crippen LogP contribution in [0.2, 0.25) is 0 Å². The molecule has 1 atom stereocenters. The minimum Gasteiger partial charge on any atom is -0.507 e. The summed E-state index contributed by atoms with van der Waals surface area (Å²) in [7, 11) is 1.83. The third kappa shape index (κ3) is 7.97. The maximum Gasteiger partial charge on any atom is 0.255 e.